The smallest absolute Gasteiger partial charge is 0.324 e. The first-order chi connectivity index (χ1) is 8.67. The second-order valence-corrected chi connectivity index (χ2v) is 5.00. The number of hydrogen-bond donors (Lipinski definition) is 0. The van der Waals surface area contributed by atoms with Gasteiger partial charge in [0.25, 0.3) is 0 Å². The highest BCUT2D eigenvalue weighted by atomic mass is 16.2. The lowest BCUT2D eigenvalue weighted by atomic mass is 9.94. The number of nitrogens with zero attached hydrogens (tertiary/aromatic N) is 2. The van der Waals surface area contributed by atoms with E-state index in [1.807, 2.05) is 29.7 Å². The minimum Gasteiger partial charge on any atom is -0.325 e. The van der Waals surface area contributed by atoms with Crippen LogP contribution < -0.4 is 4.90 Å². The van der Waals surface area contributed by atoms with Crippen molar-refractivity contribution >= 4 is 11.7 Å². The first-order valence-electron chi connectivity index (χ1n) is 6.81. The van der Waals surface area contributed by atoms with Crippen molar-refractivity contribution in [1.29, 1.82) is 0 Å². The molecular weight excluding hydrogens is 224 g/mol. The Bertz CT molecular complexity index is 426. The lowest BCUT2D eigenvalue weighted by Crippen LogP contribution is -2.47. The molecule has 2 amide bonds. The third kappa shape index (κ3) is 2.35. The topological polar surface area (TPSA) is 23.6 Å². The number of rotatable bonds is 2. The average molecular weight is 246 g/mol. The number of fused-ring (bicyclic) bond motifs is 1. The molecule has 0 aromatic heterocycles. The molecular formula is C15H22N2O. The molecule has 0 fully saturated rings. The van der Waals surface area contributed by atoms with Crippen molar-refractivity contribution in [1.82, 2.24) is 4.90 Å². The largest absolute Gasteiger partial charge is 0.325 e. The molecule has 1 aliphatic heterocycles. The molecule has 3 heteroatoms. The number of urea groups is 1. The van der Waals surface area contributed by atoms with Crippen LogP contribution in [0.4, 0.5) is 10.5 Å². The van der Waals surface area contributed by atoms with Crippen LogP contribution in [-0.4, -0.2) is 30.6 Å². The van der Waals surface area contributed by atoms with Crippen molar-refractivity contribution in [3.63, 3.8) is 0 Å². The Morgan fingerprint density at radius 1 is 1.33 bits per heavy atom. The third-order valence-corrected chi connectivity index (χ3v) is 3.61. The maximum absolute atomic E-state index is 12.5. The molecule has 98 valence electrons. The molecule has 1 aliphatic rings. The van der Waals surface area contributed by atoms with Crippen LogP contribution in [0.5, 0.6) is 0 Å². The number of benzene rings is 1. The number of amides is 2. The van der Waals surface area contributed by atoms with E-state index in [0.29, 0.717) is 5.92 Å². The molecule has 0 saturated carbocycles. The summed E-state index contributed by atoms with van der Waals surface area (Å²) in [5.41, 5.74) is 2.38. The fraction of sp³-hybridized carbons (Fsp3) is 0.533. The Kier molecular flexibility index (Phi) is 3.90. The number of para-hydroxylation sites is 1. The molecule has 0 bridgehead atoms. The molecule has 3 nitrogen and oxygen atoms in total. The predicted octanol–water partition coefficient (Wildman–Crippen LogP) is 3.15. The first kappa shape index (κ1) is 12.9. The molecule has 0 saturated heterocycles. The van der Waals surface area contributed by atoms with E-state index >= 15 is 0 Å². The van der Waals surface area contributed by atoms with Gasteiger partial charge >= 0.3 is 6.03 Å². The lowest BCUT2D eigenvalue weighted by molar-refractivity contribution is 0.208. The van der Waals surface area contributed by atoms with Crippen LogP contribution in [0.1, 0.15) is 26.3 Å². The van der Waals surface area contributed by atoms with Gasteiger partial charge in [0.2, 0.25) is 0 Å². The van der Waals surface area contributed by atoms with Crippen molar-refractivity contribution in [2.24, 2.45) is 5.92 Å². The van der Waals surface area contributed by atoms with Gasteiger partial charge in [0.1, 0.15) is 0 Å². The summed E-state index contributed by atoms with van der Waals surface area (Å²) < 4.78 is 0. The fourth-order valence-corrected chi connectivity index (χ4v) is 2.64. The minimum atomic E-state index is 0.138. The Hall–Kier alpha value is -1.51. The van der Waals surface area contributed by atoms with Gasteiger partial charge in [-0.1, -0.05) is 25.1 Å². The average Bonchev–Trinajstić information content (AvgIpc) is 2.39. The second kappa shape index (κ2) is 5.42. The molecule has 1 aromatic carbocycles. The molecule has 0 aliphatic carbocycles. The quantitative estimate of drug-likeness (QED) is 0.786. The van der Waals surface area contributed by atoms with Gasteiger partial charge in [-0.3, -0.25) is 4.90 Å². The highest BCUT2D eigenvalue weighted by Gasteiger charge is 2.28. The van der Waals surface area contributed by atoms with Crippen LogP contribution >= 0.6 is 0 Å². The van der Waals surface area contributed by atoms with Crippen molar-refractivity contribution in [3.8, 4) is 0 Å². The lowest BCUT2D eigenvalue weighted by Gasteiger charge is -2.36. The molecule has 0 N–H and O–H groups in total. The van der Waals surface area contributed by atoms with Crippen LogP contribution in [0.15, 0.2) is 24.3 Å². The fourth-order valence-electron chi connectivity index (χ4n) is 2.64. The van der Waals surface area contributed by atoms with Gasteiger partial charge in [0.05, 0.1) is 0 Å². The summed E-state index contributed by atoms with van der Waals surface area (Å²) >= 11 is 0. The van der Waals surface area contributed by atoms with Gasteiger partial charge in [-0.05, 0) is 37.8 Å². The summed E-state index contributed by atoms with van der Waals surface area (Å²) in [6.45, 7) is 8.62. The molecule has 1 atom stereocenters. The SMILES string of the molecule is CCN(CC)C(=O)N1CC(C)Cc2ccccc21. The van der Waals surface area contributed by atoms with Crippen LogP contribution in [0.2, 0.25) is 0 Å². The van der Waals surface area contributed by atoms with E-state index in [-0.39, 0.29) is 6.03 Å². The van der Waals surface area contributed by atoms with E-state index < -0.39 is 0 Å². The maximum Gasteiger partial charge on any atom is 0.324 e. The number of carbonyl (C=O) groups excluding carboxylic acids is 1. The Balaban J connectivity index is 2.31. The van der Waals surface area contributed by atoms with E-state index in [0.717, 1.165) is 31.7 Å². The third-order valence-electron chi connectivity index (χ3n) is 3.61. The van der Waals surface area contributed by atoms with Gasteiger partial charge < -0.3 is 4.90 Å². The van der Waals surface area contributed by atoms with Crippen molar-refractivity contribution in [3.05, 3.63) is 29.8 Å². The zero-order valence-corrected chi connectivity index (χ0v) is 11.5. The zero-order chi connectivity index (χ0) is 13.1. The molecule has 0 radical (unpaired) electrons. The molecule has 18 heavy (non-hydrogen) atoms. The van der Waals surface area contributed by atoms with Gasteiger partial charge in [-0.25, -0.2) is 4.79 Å². The Labute approximate surface area is 109 Å². The van der Waals surface area contributed by atoms with Gasteiger partial charge in [0, 0.05) is 25.3 Å². The molecule has 1 heterocycles. The number of hydrogen-bond acceptors (Lipinski definition) is 1. The summed E-state index contributed by atoms with van der Waals surface area (Å²) in [6.07, 6.45) is 1.07. The summed E-state index contributed by atoms with van der Waals surface area (Å²) in [5, 5.41) is 0. The van der Waals surface area contributed by atoms with E-state index in [9.17, 15) is 4.79 Å². The summed E-state index contributed by atoms with van der Waals surface area (Å²) in [7, 11) is 0. The van der Waals surface area contributed by atoms with E-state index in [1.54, 1.807) is 0 Å². The van der Waals surface area contributed by atoms with E-state index in [1.165, 1.54) is 5.56 Å². The van der Waals surface area contributed by atoms with Crippen molar-refractivity contribution in [2.45, 2.75) is 27.2 Å². The van der Waals surface area contributed by atoms with Crippen LogP contribution in [-0.2, 0) is 6.42 Å². The normalized spacial score (nSPS) is 18.4. The summed E-state index contributed by atoms with van der Waals surface area (Å²) in [6, 6.07) is 8.39. The zero-order valence-electron chi connectivity index (χ0n) is 11.5. The standard InChI is InChI=1S/C15H22N2O/c1-4-16(5-2)15(18)17-11-12(3)10-13-8-6-7-9-14(13)17/h6-9,12H,4-5,10-11H2,1-3H3. The van der Waals surface area contributed by atoms with Gasteiger partial charge in [-0.15, -0.1) is 0 Å². The van der Waals surface area contributed by atoms with Crippen LogP contribution in [0.25, 0.3) is 0 Å². The summed E-state index contributed by atoms with van der Waals surface area (Å²) in [4.78, 5) is 16.3. The predicted molar refractivity (Wildman–Crippen MR) is 75.0 cm³/mol. The maximum atomic E-state index is 12.5. The summed E-state index contributed by atoms with van der Waals surface area (Å²) in [5.74, 6) is 0.527. The Morgan fingerprint density at radius 3 is 2.67 bits per heavy atom. The second-order valence-electron chi connectivity index (χ2n) is 5.00. The number of carbonyl (C=O) groups is 1. The number of anilines is 1. The molecule has 0 spiro atoms. The Morgan fingerprint density at radius 2 is 2.00 bits per heavy atom. The molecule has 2 rings (SSSR count). The van der Waals surface area contributed by atoms with Gasteiger partial charge in [-0.2, -0.15) is 0 Å². The highest BCUT2D eigenvalue weighted by Crippen LogP contribution is 2.30. The van der Waals surface area contributed by atoms with Crippen LogP contribution in [0.3, 0.4) is 0 Å². The highest BCUT2D eigenvalue weighted by molar-refractivity contribution is 5.93. The first-order valence-corrected chi connectivity index (χ1v) is 6.81. The van der Waals surface area contributed by atoms with Gasteiger partial charge in [0.15, 0.2) is 0 Å². The minimum absolute atomic E-state index is 0.138. The van der Waals surface area contributed by atoms with E-state index in [2.05, 4.69) is 25.1 Å². The molecule has 1 unspecified atom stereocenters. The molecule has 1 aromatic rings. The van der Waals surface area contributed by atoms with Crippen LogP contribution in [0, 0.1) is 5.92 Å². The van der Waals surface area contributed by atoms with Crippen molar-refractivity contribution < 1.29 is 4.79 Å². The van der Waals surface area contributed by atoms with Crippen molar-refractivity contribution in [2.75, 3.05) is 24.5 Å². The monoisotopic (exact) mass is 246 g/mol. The van der Waals surface area contributed by atoms with E-state index in [4.69, 9.17) is 0 Å².